The smallest absolute Gasteiger partial charge is 0.416 e. The van der Waals surface area contributed by atoms with Crippen LogP contribution in [0.15, 0.2) is 24.3 Å². The molecule has 0 saturated carbocycles. The number of hydrogen-bond acceptors (Lipinski definition) is 4. The summed E-state index contributed by atoms with van der Waals surface area (Å²) in [5.41, 5.74) is -0.868. The second-order valence-corrected chi connectivity index (χ2v) is 7.21. The number of benzene rings is 1. The molecule has 5 nitrogen and oxygen atoms in total. The van der Waals surface area contributed by atoms with Crippen molar-refractivity contribution in [2.75, 3.05) is 18.1 Å². The predicted molar refractivity (Wildman–Crippen MR) is 72.1 cm³/mol. The third-order valence-corrected chi connectivity index (χ3v) is 4.90. The molecule has 0 radical (unpaired) electrons. The van der Waals surface area contributed by atoms with E-state index in [1.54, 1.807) is 0 Å². The molecular formula is C13H14F3NO4S. The van der Waals surface area contributed by atoms with Gasteiger partial charge in [-0.05, 0) is 24.6 Å². The lowest BCUT2D eigenvalue weighted by molar-refractivity contribution is -0.137. The van der Waals surface area contributed by atoms with Crippen molar-refractivity contribution in [2.45, 2.75) is 18.6 Å². The first kappa shape index (κ1) is 16.6. The van der Waals surface area contributed by atoms with Gasteiger partial charge in [0.25, 0.3) is 5.91 Å². The highest BCUT2D eigenvalue weighted by Crippen LogP contribution is 2.31. The number of carbonyl (C=O) groups is 1. The first-order valence-corrected chi connectivity index (χ1v) is 8.28. The van der Waals surface area contributed by atoms with Gasteiger partial charge >= 0.3 is 6.18 Å². The van der Waals surface area contributed by atoms with Crippen molar-refractivity contribution < 1.29 is 31.1 Å². The highest BCUT2D eigenvalue weighted by atomic mass is 32.2. The van der Waals surface area contributed by atoms with Crippen LogP contribution in [0.2, 0.25) is 0 Å². The Morgan fingerprint density at radius 3 is 2.68 bits per heavy atom. The molecule has 0 bridgehead atoms. The van der Waals surface area contributed by atoms with E-state index in [2.05, 4.69) is 5.32 Å². The lowest BCUT2D eigenvalue weighted by Gasteiger charge is -2.12. The topological polar surface area (TPSA) is 72.5 Å². The molecule has 1 fully saturated rings. The summed E-state index contributed by atoms with van der Waals surface area (Å²) >= 11 is 0. The Balaban J connectivity index is 1.87. The van der Waals surface area contributed by atoms with Crippen molar-refractivity contribution in [2.24, 2.45) is 0 Å². The molecular weight excluding hydrogens is 323 g/mol. The summed E-state index contributed by atoms with van der Waals surface area (Å²) in [4.78, 5) is 11.6. The van der Waals surface area contributed by atoms with Gasteiger partial charge in [0.05, 0.1) is 17.1 Å². The Morgan fingerprint density at radius 2 is 2.09 bits per heavy atom. The third-order valence-electron chi connectivity index (χ3n) is 3.13. The Hall–Kier alpha value is -1.77. The van der Waals surface area contributed by atoms with Gasteiger partial charge in [-0.2, -0.15) is 13.2 Å². The van der Waals surface area contributed by atoms with Crippen LogP contribution in [0.3, 0.4) is 0 Å². The zero-order valence-electron chi connectivity index (χ0n) is 11.4. The summed E-state index contributed by atoms with van der Waals surface area (Å²) in [6, 6.07) is 3.72. The molecule has 1 aromatic carbocycles. The predicted octanol–water partition coefficient (Wildman–Crippen LogP) is 1.39. The van der Waals surface area contributed by atoms with E-state index in [0.717, 1.165) is 12.1 Å². The molecule has 1 heterocycles. The second-order valence-electron chi connectivity index (χ2n) is 4.98. The van der Waals surface area contributed by atoms with Crippen LogP contribution < -0.4 is 10.1 Å². The van der Waals surface area contributed by atoms with E-state index < -0.39 is 40.1 Å². The van der Waals surface area contributed by atoms with Crippen LogP contribution in [-0.4, -0.2) is 38.5 Å². The Labute approximate surface area is 125 Å². The number of ether oxygens (including phenoxy) is 1. The van der Waals surface area contributed by atoms with Crippen LogP contribution in [0.1, 0.15) is 12.0 Å². The first-order valence-electron chi connectivity index (χ1n) is 6.45. The maximum absolute atomic E-state index is 12.5. The fraction of sp³-hybridized carbons (Fsp3) is 0.462. The average molecular weight is 337 g/mol. The number of alkyl halides is 3. The molecule has 1 saturated heterocycles. The van der Waals surface area contributed by atoms with Crippen LogP contribution in [0.5, 0.6) is 5.75 Å². The van der Waals surface area contributed by atoms with Gasteiger partial charge < -0.3 is 10.1 Å². The van der Waals surface area contributed by atoms with Crippen LogP contribution in [0.25, 0.3) is 0 Å². The third kappa shape index (κ3) is 4.62. The lowest BCUT2D eigenvalue weighted by Crippen LogP contribution is -2.38. The van der Waals surface area contributed by atoms with E-state index in [1.165, 1.54) is 12.1 Å². The van der Waals surface area contributed by atoms with Crippen LogP contribution in [0.4, 0.5) is 13.2 Å². The summed E-state index contributed by atoms with van der Waals surface area (Å²) in [6.45, 7) is -0.474. The largest absolute Gasteiger partial charge is 0.484 e. The first-order chi connectivity index (χ1) is 10.2. The molecule has 1 aliphatic heterocycles. The quantitative estimate of drug-likeness (QED) is 0.901. The van der Waals surface area contributed by atoms with E-state index in [0.29, 0.717) is 6.42 Å². The van der Waals surface area contributed by atoms with Crippen molar-refractivity contribution in [3.8, 4) is 5.75 Å². The molecule has 22 heavy (non-hydrogen) atoms. The number of sulfone groups is 1. The second kappa shape index (κ2) is 6.15. The molecule has 1 amide bonds. The maximum Gasteiger partial charge on any atom is 0.416 e. The highest BCUT2D eigenvalue weighted by Gasteiger charge is 2.31. The Morgan fingerprint density at radius 1 is 1.36 bits per heavy atom. The van der Waals surface area contributed by atoms with E-state index in [1.807, 2.05) is 0 Å². The monoisotopic (exact) mass is 337 g/mol. The van der Waals surface area contributed by atoms with Gasteiger partial charge in [0.2, 0.25) is 0 Å². The summed E-state index contributed by atoms with van der Waals surface area (Å²) in [5.74, 6) is -0.752. The molecule has 9 heteroatoms. The average Bonchev–Trinajstić information content (AvgIpc) is 2.75. The molecule has 0 unspecified atom stereocenters. The zero-order valence-corrected chi connectivity index (χ0v) is 12.2. The number of nitrogens with one attached hydrogen (secondary N) is 1. The summed E-state index contributed by atoms with van der Waals surface area (Å²) in [5, 5.41) is 2.48. The minimum atomic E-state index is -4.49. The minimum absolute atomic E-state index is 0.0203. The van der Waals surface area contributed by atoms with Crippen molar-refractivity contribution in [1.82, 2.24) is 5.32 Å². The van der Waals surface area contributed by atoms with Gasteiger partial charge in [-0.1, -0.05) is 6.07 Å². The van der Waals surface area contributed by atoms with E-state index >= 15 is 0 Å². The summed E-state index contributed by atoms with van der Waals surface area (Å²) in [7, 11) is -3.11. The molecule has 0 aromatic heterocycles. The van der Waals surface area contributed by atoms with Gasteiger partial charge in [-0.25, -0.2) is 8.42 Å². The van der Waals surface area contributed by atoms with Crippen molar-refractivity contribution in [3.05, 3.63) is 29.8 Å². The number of halogens is 3. The van der Waals surface area contributed by atoms with Gasteiger partial charge in [-0.15, -0.1) is 0 Å². The number of carbonyl (C=O) groups excluding carboxylic acids is 1. The van der Waals surface area contributed by atoms with E-state index in [9.17, 15) is 26.4 Å². The van der Waals surface area contributed by atoms with Crippen molar-refractivity contribution in [1.29, 1.82) is 0 Å². The molecule has 122 valence electrons. The number of hydrogen-bond donors (Lipinski definition) is 1. The van der Waals surface area contributed by atoms with Crippen LogP contribution >= 0.6 is 0 Å². The van der Waals surface area contributed by atoms with Gasteiger partial charge in [-0.3, -0.25) is 4.79 Å². The van der Waals surface area contributed by atoms with Crippen molar-refractivity contribution in [3.63, 3.8) is 0 Å². The molecule has 2 rings (SSSR count). The normalized spacial score (nSPS) is 20.6. The van der Waals surface area contributed by atoms with Gasteiger partial charge in [0.1, 0.15) is 5.75 Å². The molecule has 0 aliphatic carbocycles. The van der Waals surface area contributed by atoms with Crippen LogP contribution in [-0.2, 0) is 20.8 Å². The number of rotatable bonds is 4. The Bertz CT molecular complexity index is 657. The fourth-order valence-corrected chi connectivity index (χ4v) is 3.76. The standard InChI is InChI=1S/C13H14F3NO4S/c14-13(15,16)9-2-1-3-11(6-9)21-7-12(18)17-10-4-5-22(19,20)8-10/h1-3,6,10H,4-5,7-8H2,(H,17,18)/t10-/m0/s1. The highest BCUT2D eigenvalue weighted by molar-refractivity contribution is 7.91. The zero-order chi connectivity index (χ0) is 16.4. The summed E-state index contributed by atoms with van der Waals surface area (Å²) in [6.07, 6.45) is -4.16. The van der Waals surface area contributed by atoms with E-state index in [4.69, 9.17) is 4.74 Å². The maximum atomic E-state index is 12.5. The Kier molecular flexibility index (Phi) is 4.64. The molecule has 1 atom stereocenters. The molecule has 0 spiro atoms. The minimum Gasteiger partial charge on any atom is -0.484 e. The molecule has 1 aromatic rings. The van der Waals surface area contributed by atoms with Crippen molar-refractivity contribution >= 4 is 15.7 Å². The van der Waals surface area contributed by atoms with E-state index in [-0.39, 0.29) is 17.3 Å². The van der Waals surface area contributed by atoms with Gasteiger partial charge in [0, 0.05) is 6.04 Å². The summed E-state index contributed by atoms with van der Waals surface area (Å²) < 4.78 is 65.0. The number of amides is 1. The van der Waals surface area contributed by atoms with Gasteiger partial charge in [0.15, 0.2) is 16.4 Å². The fourth-order valence-electron chi connectivity index (χ4n) is 2.09. The lowest BCUT2D eigenvalue weighted by atomic mass is 10.2. The molecule has 1 N–H and O–H groups in total. The SMILES string of the molecule is O=C(COc1cccc(C(F)(F)F)c1)N[C@H]1CCS(=O)(=O)C1. The van der Waals surface area contributed by atoms with Crippen LogP contribution in [0, 0.1) is 0 Å². The molecule has 1 aliphatic rings.